The third-order valence-corrected chi connectivity index (χ3v) is 9.53. The van der Waals surface area contributed by atoms with Crippen molar-refractivity contribution in [3.05, 3.63) is 172 Å². The molecule has 288 valence electrons. The van der Waals surface area contributed by atoms with Gasteiger partial charge in [0.15, 0.2) is 12.9 Å². The van der Waals surface area contributed by atoms with Gasteiger partial charge in [0.05, 0.1) is 19.8 Å². The maximum atomic E-state index is 13.0. The van der Waals surface area contributed by atoms with Gasteiger partial charge < -0.3 is 33.5 Å². The van der Waals surface area contributed by atoms with Gasteiger partial charge in [-0.05, 0) is 58.5 Å². The van der Waals surface area contributed by atoms with Gasteiger partial charge in [0.25, 0.3) is 5.79 Å². The van der Waals surface area contributed by atoms with E-state index >= 15 is 0 Å². The molecule has 1 N–H and O–H groups in total. The molecule has 5 unspecified atom stereocenters. The molecule has 1 fully saturated rings. The summed E-state index contributed by atoms with van der Waals surface area (Å²) in [6.45, 7) is -1.27. The van der Waals surface area contributed by atoms with Crippen molar-refractivity contribution < 1.29 is 51.5 Å². The van der Waals surface area contributed by atoms with Crippen LogP contribution >= 0.6 is 11.6 Å². The standard InChI is InChI=1S/C43H40ClF3O8/c1-50-43(35-19-22-37(44)34(24-35)23-30-17-20-36(21-18-30)54-29-42(45,46)47)40(53-27-33-15-9-4-10-16-33)38(51-25-31-11-5-2-6-12-31)39(41(49,28-48)55-43)52-26-32-13-7-3-8-14-32/h2-22,24,28,38-40,49H,23,25-27,29H2,1H3. The quantitative estimate of drug-likeness (QED) is 0.100. The van der Waals surface area contributed by atoms with Crippen LogP contribution in [0.5, 0.6) is 5.75 Å². The molecule has 55 heavy (non-hydrogen) atoms. The summed E-state index contributed by atoms with van der Waals surface area (Å²) < 4.78 is 75.2. The van der Waals surface area contributed by atoms with Crippen molar-refractivity contribution in [2.75, 3.05) is 13.7 Å². The minimum Gasteiger partial charge on any atom is -0.484 e. The molecule has 12 heteroatoms. The average Bonchev–Trinajstić information content (AvgIpc) is 3.20. The van der Waals surface area contributed by atoms with Crippen molar-refractivity contribution in [1.29, 1.82) is 0 Å². The number of ether oxygens (including phenoxy) is 6. The van der Waals surface area contributed by atoms with Crippen molar-refractivity contribution in [2.24, 2.45) is 0 Å². The summed E-state index contributed by atoms with van der Waals surface area (Å²) in [6.07, 6.45) is -7.69. The Morgan fingerprint density at radius 2 is 1.25 bits per heavy atom. The van der Waals surface area contributed by atoms with Crippen molar-refractivity contribution in [3.8, 4) is 5.75 Å². The number of benzene rings is 5. The molecule has 5 atom stereocenters. The van der Waals surface area contributed by atoms with E-state index in [-0.39, 0.29) is 38.3 Å². The molecule has 5 aromatic rings. The van der Waals surface area contributed by atoms with Crippen LogP contribution in [0.25, 0.3) is 0 Å². The summed E-state index contributed by atoms with van der Waals surface area (Å²) in [6, 6.07) is 39.2. The normalized spacial score (nSPS) is 22.6. The molecule has 0 saturated carbocycles. The summed E-state index contributed by atoms with van der Waals surface area (Å²) in [4.78, 5) is 13.0. The number of methoxy groups -OCH3 is 1. The number of rotatable bonds is 16. The molecule has 0 radical (unpaired) electrons. The van der Waals surface area contributed by atoms with Crippen LogP contribution < -0.4 is 4.74 Å². The first-order valence-electron chi connectivity index (χ1n) is 17.5. The maximum Gasteiger partial charge on any atom is 0.422 e. The summed E-state index contributed by atoms with van der Waals surface area (Å²) in [7, 11) is 1.37. The zero-order valence-corrected chi connectivity index (χ0v) is 30.6. The van der Waals surface area contributed by atoms with E-state index in [9.17, 15) is 23.1 Å². The first kappa shape index (κ1) is 40.1. The molecular weight excluding hydrogens is 737 g/mol. The van der Waals surface area contributed by atoms with Gasteiger partial charge in [0.1, 0.15) is 24.1 Å². The van der Waals surface area contributed by atoms with Crippen molar-refractivity contribution >= 4 is 17.9 Å². The minimum atomic E-state index is -4.47. The largest absolute Gasteiger partial charge is 0.484 e. The van der Waals surface area contributed by atoms with Crippen molar-refractivity contribution in [3.63, 3.8) is 0 Å². The third kappa shape index (κ3) is 10.00. The number of carbonyl (C=O) groups is 1. The molecule has 0 bridgehead atoms. The number of carbonyl (C=O) groups excluding carboxylic acids is 1. The third-order valence-electron chi connectivity index (χ3n) is 9.16. The highest BCUT2D eigenvalue weighted by atomic mass is 35.5. The summed E-state index contributed by atoms with van der Waals surface area (Å²) >= 11 is 6.72. The minimum absolute atomic E-state index is 0.00668. The topological polar surface area (TPSA) is 92.7 Å². The highest BCUT2D eigenvalue weighted by molar-refractivity contribution is 6.31. The van der Waals surface area contributed by atoms with E-state index < -0.39 is 42.7 Å². The lowest BCUT2D eigenvalue weighted by molar-refractivity contribution is -0.436. The second-order valence-electron chi connectivity index (χ2n) is 13.1. The summed E-state index contributed by atoms with van der Waals surface area (Å²) in [5.41, 5.74) is 4.07. The van der Waals surface area contributed by atoms with Crippen LogP contribution in [-0.4, -0.2) is 55.4 Å². The molecule has 1 heterocycles. The van der Waals surface area contributed by atoms with E-state index in [1.807, 2.05) is 91.0 Å². The van der Waals surface area contributed by atoms with E-state index in [0.29, 0.717) is 21.7 Å². The first-order valence-corrected chi connectivity index (χ1v) is 17.9. The van der Waals surface area contributed by atoms with Crippen LogP contribution in [0.2, 0.25) is 5.02 Å². The Kier molecular flexibility index (Phi) is 13.1. The molecule has 1 saturated heterocycles. The molecule has 8 nitrogen and oxygen atoms in total. The molecule has 6 rings (SSSR count). The van der Waals surface area contributed by atoms with E-state index in [0.717, 1.165) is 16.7 Å². The highest BCUT2D eigenvalue weighted by Crippen LogP contribution is 2.47. The van der Waals surface area contributed by atoms with E-state index in [1.54, 1.807) is 30.3 Å². The summed E-state index contributed by atoms with van der Waals surface area (Å²) in [5, 5.41) is 12.5. The Bertz CT molecular complexity index is 1970. The average molecular weight is 777 g/mol. The van der Waals surface area contributed by atoms with Crippen LogP contribution in [-0.2, 0) is 60.5 Å². The van der Waals surface area contributed by atoms with Gasteiger partial charge in [0, 0.05) is 17.7 Å². The van der Waals surface area contributed by atoms with Gasteiger partial charge in [-0.15, -0.1) is 0 Å². The second kappa shape index (κ2) is 17.9. The number of aldehydes is 1. The summed E-state index contributed by atoms with van der Waals surface area (Å²) in [5.74, 6) is -4.52. The Balaban J connectivity index is 1.40. The lowest BCUT2D eigenvalue weighted by atomic mass is 9.85. The first-order chi connectivity index (χ1) is 26.5. The molecule has 0 amide bonds. The Morgan fingerprint density at radius 3 is 1.76 bits per heavy atom. The van der Waals surface area contributed by atoms with Crippen LogP contribution in [0.4, 0.5) is 13.2 Å². The molecule has 1 aliphatic heterocycles. The van der Waals surface area contributed by atoms with Gasteiger partial charge in [-0.1, -0.05) is 121 Å². The van der Waals surface area contributed by atoms with E-state index in [1.165, 1.54) is 19.2 Å². The second-order valence-corrected chi connectivity index (χ2v) is 13.5. The van der Waals surface area contributed by atoms with Crippen LogP contribution in [0, 0.1) is 0 Å². The zero-order chi connectivity index (χ0) is 38.9. The van der Waals surface area contributed by atoms with Crippen LogP contribution in [0.1, 0.15) is 33.4 Å². The lowest BCUT2D eigenvalue weighted by Crippen LogP contribution is -2.71. The number of aliphatic hydroxyl groups is 1. The molecule has 0 spiro atoms. The van der Waals surface area contributed by atoms with E-state index in [2.05, 4.69) is 0 Å². The van der Waals surface area contributed by atoms with Crippen molar-refractivity contribution in [1.82, 2.24) is 0 Å². The predicted octanol–water partition coefficient (Wildman–Crippen LogP) is 8.35. The predicted molar refractivity (Wildman–Crippen MR) is 198 cm³/mol. The number of alkyl halides is 3. The Hall–Kier alpha value is -4.59. The SMILES string of the molecule is COC1(c2ccc(Cl)c(Cc3ccc(OCC(F)(F)F)cc3)c2)OC(O)(C=O)C(OCc2ccccc2)C(OCc2ccccc2)C1OCc1ccccc1. The van der Waals surface area contributed by atoms with Crippen molar-refractivity contribution in [2.45, 2.75) is 62.3 Å². The molecule has 0 aromatic heterocycles. The van der Waals surface area contributed by atoms with Gasteiger partial charge >= 0.3 is 6.18 Å². The Morgan fingerprint density at radius 1 is 0.727 bits per heavy atom. The number of hydrogen-bond acceptors (Lipinski definition) is 8. The smallest absolute Gasteiger partial charge is 0.422 e. The number of hydrogen-bond donors (Lipinski definition) is 1. The van der Waals surface area contributed by atoms with E-state index in [4.69, 9.17) is 40.0 Å². The van der Waals surface area contributed by atoms with Gasteiger partial charge in [-0.3, -0.25) is 4.79 Å². The monoisotopic (exact) mass is 776 g/mol. The van der Waals surface area contributed by atoms with Gasteiger partial charge in [-0.2, -0.15) is 13.2 Å². The van der Waals surface area contributed by atoms with Crippen LogP contribution in [0.3, 0.4) is 0 Å². The van der Waals surface area contributed by atoms with Gasteiger partial charge in [0.2, 0.25) is 5.79 Å². The molecular formula is C43H40ClF3O8. The fraction of sp³-hybridized carbons (Fsp3) is 0.279. The fourth-order valence-corrected chi connectivity index (χ4v) is 6.64. The fourth-order valence-electron chi connectivity index (χ4n) is 6.46. The van der Waals surface area contributed by atoms with Crippen LogP contribution in [0.15, 0.2) is 133 Å². The number of halogens is 4. The highest BCUT2D eigenvalue weighted by Gasteiger charge is 2.64. The lowest BCUT2D eigenvalue weighted by Gasteiger charge is -2.53. The Labute approximate surface area is 322 Å². The zero-order valence-electron chi connectivity index (χ0n) is 29.9. The molecule has 5 aromatic carbocycles. The molecule has 1 aliphatic rings. The maximum absolute atomic E-state index is 13.0. The molecule has 0 aliphatic carbocycles. The van der Waals surface area contributed by atoms with Gasteiger partial charge in [-0.25, -0.2) is 0 Å².